The Morgan fingerprint density at radius 1 is 1.05 bits per heavy atom. The Morgan fingerprint density at radius 2 is 1.73 bits per heavy atom. The molecule has 0 saturated carbocycles. The third-order valence-corrected chi connectivity index (χ3v) is 4.14. The number of hydrogen-bond acceptors (Lipinski definition) is 3. The first-order chi connectivity index (χ1) is 10.8. The summed E-state index contributed by atoms with van der Waals surface area (Å²) in [6, 6.07) is 10.5. The molecule has 1 heterocycles. The number of rotatable bonds is 11. The number of benzene rings is 1. The summed E-state index contributed by atoms with van der Waals surface area (Å²) >= 11 is 0. The van der Waals surface area contributed by atoms with Crippen molar-refractivity contribution in [1.82, 2.24) is 0 Å². The number of ether oxygens (including phenoxy) is 2. The molecule has 0 radical (unpaired) electrons. The van der Waals surface area contributed by atoms with E-state index in [1.165, 1.54) is 37.7 Å². The van der Waals surface area contributed by atoms with Crippen molar-refractivity contribution in [3.8, 4) is 0 Å². The Hall–Kier alpha value is -1.35. The predicted molar refractivity (Wildman–Crippen MR) is 87.6 cm³/mol. The maximum absolute atomic E-state index is 11.2. The zero-order chi connectivity index (χ0) is 15.6. The molecule has 1 aliphatic heterocycles. The fourth-order valence-corrected chi connectivity index (χ4v) is 2.85. The second kappa shape index (κ2) is 9.62. The maximum atomic E-state index is 11.2. The molecule has 1 aromatic rings. The normalized spacial score (nSPS) is 19.9. The Kier molecular flexibility index (Phi) is 7.44. The maximum Gasteiger partial charge on any atom is 0.305 e. The molecule has 1 saturated heterocycles. The zero-order valence-corrected chi connectivity index (χ0v) is 13.6. The van der Waals surface area contributed by atoms with Crippen LogP contribution in [0.5, 0.6) is 0 Å². The van der Waals surface area contributed by atoms with Crippen molar-refractivity contribution in [2.75, 3.05) is 6.61 Å². The van der Waals surface area contributed by atoms with Crippen LogP contribution in [-0.4, -0.2) is 18.7 Å². The van der Waals surface area contributed by atoms with Crippen LogP contribution in [0.1, 0.15) is 70.0 Å². The number of esters is 1. The highest BCUT2D eigenvalue weighted by molar-refractivity contribution is 5.69. The minimum Gasteiger partial charge on any atom is -0.466 e. The largest absolute Gasteiger partial charge is 0.466 e. The lowest BCUT2D eigenvalue weighted by molar-refractivity contribution is -0.143. The van der Waals surface area contributed by atoms with E-state index in [4.69, 9.17) is 9.47 Å². The molecule has 2 atom stereocenters. The van der Waals surface area contributed by atoms with Crippen molar-refractivity contribution in [2.45, 2.75) is 70.5 Å². The zero-order valence-electron chi connectivity index (χ0n) is 13.6. The summed E-state index contributed by atoms with van der Waals surface area (Å²) in [6.45, 7) is 2.34. The van der Waals surface area contributed by atoms with Crippen LogP contribution < -0.4 is 0 Å². The third-order valence-electron chi connectivity index (χ3n) is 4.14. The van der Waals surface area contributed by atoms with Gasteiger partial charge in [0, 0.05) is 6.42 Å². The summed E-state index contributed by atoms with van der Waals surface area (Å²) in [5.41, 5.74) is 1.31. The molecule has 0 bridgehead atoms. The number of unbranched alkanes of at least 4 members (excludes halogenated alkanes) is 5. The summed E-state index contributed by atoms with van der Waals surface area (Å²) in [6.07, 6.45) is 9.58. The van der Waals surface area contributed by atoms with Crippen LogP contribution in [0.25, 0.3) is 0 Å². The molecule has 1 fully saturated rings. The van der Waals surface area contributed by atoms with Crippen LogP contribution in [0.3, 0.4) is 0 Å². The average Bonchev–Trinajstić information content (AvgIpc) is 3.31. The Labute approximate surface area is 134 Å². The van der Waals surface area contributed by atoms with Gasteiger partial charge in [-0.1, -0.05) is 62.4 Å². The molecule has 3 heteroatoms. The second-order valence-corrected chi connectivity index (χ2v) is 5.97. The van der Waals surface area contributed by atoms with E-state index in [2.05, 4.69) is 24.3 Å². The van der Waals surface area contributed by atoms with Crippen molar-refractivity contribution < 1.29 is 14.3 Å². The van der Waals surface area contributed by atoms with Crippen molar-refractivity contribution in [3.05, 3.63) is 35.9 Å². The highest BCUT2D eigenvalue weighted by Gasteiger charge is 2.38. The van der Waals surface area contributed by atoms with E-state index in [1.807, 2.05) is 13.0 Å². The lowest BCUT2D eigenvalue weighted by atomic mass is 10.0. The lowest BCUT2D eigenvalue weighted by Gasteiger charge is -2.02. The molecule has 122 valence electrons. The monoisotopic (exact) mass is 304 g/mol. The molecule has 0 aromatic heterocycles. The Bertz CT molecular complexity index is 430. The molecule has 22 heavy (non-hydrogen) atoms. The van der Waals surface area contributed by atoms with E-state index in [0.717, 1.165) is 12.8 Å². The minimum absolute atomic E-state index is 0.0552. The molecular formula is C19H28O3. The summed E-state index contributed by atoms with van der Waals surface area (Å²) in [4.78, 5) is 11.2. The van der Waals surface area contributed by atoms with Gasteiger partial charge < -0.3 is 9.47 Å². The first-order valence-corrected chi connectivity index (χ1v) is 8.67. The van der Waals surface area contributed by atoms with Gasteiger partial charge in [0.2, 0.25) is 0 Å². The molecule has 0 N–H and O–H groups in total. The minimum atomic E-state index is -0.0552. The van der Waals surface area contributed by atoms with Crippen molar-refractivity contribution >= 4 is 5.97 Å². The van der Waals surface area contributed by atoms with Gasteiger partial charge in [-0.15, -0.1) is 0 Å². The van der Waals surface area contributed by atoms with Crippen molar-refractivity contribution in [1.29, 1.82) is 0 Å². The van der Waals surface area contributed by atoms with Crippen LogP contribution in [0, 0.1) is 0 Å². The Morgan fingerprint density at radius 3 is 2.45 bits per heavy atom. The number of epoxide rings is 1. The molecule has 2 rings (SSSR count). The van der Waals surface area contributed by atoms with E-state index in [-0.39, 0.29) is 5.97 Å². The number of hydrogen-bond donors (Lipinski definition) is 0. The van der Waals surface area contributed by atoms with Gasteiger partial charge in [0.05, 0.1) is 12.7 Å². The molecule has 3 nitrogen and oxygen atoms in total. The van der Waals surface area contributed by atoms with Crippen LogP contribution in [-0.2, 0) is 14.3 Å². The van der Waals surface area contributed by atoms with E-state index >= 15 is 0 Å². The van der Waals surface area contributed by atoms with Gasteiger partial charge in [-0.3, -0.25) is 4.79 Å². The third kappa shape index (κ3) is 6.18. The fraction of sp³-hybridized carbons (Fsp3) is 0.632. The standard InChI is InChI=1S/C19H28O3/c1-2-21-18(20)15-11-6-4-3-5-10-14-17-19(22-17)16-12-8-7-9-13-16/h7-9,12-13,17,19H,2-6,10-11,14-15H2,1H3/t17-,19-/m1/s1. The highest BCUT2D eigenvalue weighted by atomic mass is 16.6. The smallest absolute Gasteiger partial charge is 0.305 e. The molecular weight excluding hydrogens is 276 g/mol. The molecule has 1 aliphatic rings. The first kappa shape index (κ1) is 17.0. The van der Waals surface area contributed by atoms with Gasteiger partial charge in [0.1, 0.15) is 6.10 Å². The van der Waals surface area contributed by atoms with Gasteiger partial charge in [-0.05, 0) is 25.3 Å². The lowest BCUT2D eigenvalue weighted by Crippen LogP contribution is -2.03. The van der Waals surface area contributed by atoms with Gasteiger partial charge in [0.15, 0.2) is 0 Å². The fourth-order valence-electron chi connectivity index (χ4n) is 2.85. The SMILES string of the molecule is CCOC(=O)CCCCCCCC[C@H]1O[C@@H]1c1ccccc1. The predicted octanol–water partition coefficient (Wildman–Crippen LogP) is 4.81. The topological polar surface area (TPSA) is 38.8 Å². The molecule has 0 aliphatic carbocycles. The van der Waals surface area contributed by atoms with Crippen LogP contribution in [0.15, 0.2) is 30.3 Å². The summed E-state index contributed by atoms with van der Waals surface area (Å²) in [7, 11) is 0. The molecule has 0 spiro atoms. The van der Waals surface area contributed by atoms with Crippen LogP contribution >= 0.6 is 0 Å². The van der Waals surface area contributed by atoms with Gasteiger partial charge in [-0.25, -0.2) is 0 Å². The van der Waals surface area contributed by atoms with Crippen molar-refractivity contribution in [3.63, 3.8) is 0 Å². The summed E-state index contributed by atoms with van der Waals surface area (Å²) < 4.78 is 10.7. The first-order valence-electron chi connectivity index (χ1n) is 8.67. The molecule has 0 unspecified atom stereocenters. The molecule has 0 amide bonds. The highest BCUT2D eigenvalue weighted by Crippen LogP contribution is 2.41. The van der Waals surface area contributed by atoms with E-state index in [9.17, 15) is 4.79 Å². The average molecular weight is 304 g/mol. The second-order valence-electron chi connectivity index (χ2n) is 5.97. The van der Waals surface area contributed by atoms with Gasteiger partial charge in [-0.2, -0.15) is 0 Å². The van der Waals surface area contributed by atoms with Gasteiger partial charge in [0.25, 0.3) is 0 Å². The summed E-state index contributed by atoms with van der Waals surface area (Å²) in [5, 5.41) is 0. The number of carbonyl (C=O) groups is 1. The summed E-state index contributed by atoms with van der Waals surface area (Å²) in [5.74, 6) is -0.0552. The van der Waals surface area contributed by atoms with Crippen LogP contribution in [0.4, 0.5) is 0 Å². The van der Waals surface area contributed by atoms with E-state index in [0.29, 0.717) is 25.2 Å². The van der Waals surface area contributed by atoms with E-state index in [1.54, 1.807) is 0 Å². The molecule has 1 aromatic carbocycles. The van der Waals surface area contributed by atoms with Gasteiger partial charge >= 0.3 is 5.97 Å². The van der Waals surface area contributed by atoms with E-state index < -0.39 is 0 Å². The number of carbonyl (C=O) groups excluding carboxylic acids is 1. The Balaban J connectivity index is 1.41. The quantitative estimate of drug-likeness (QED) is 0.334. The van der Waals surface area contributed by atoms with Crippen molar-refractivity contribution in [2.24, 2.45) is 0 Å². The van der Waals surface area contributed by atoms with Crippen LogP contribution in [0.2, 0.25) is 0 Å².